The number of allylic oxidation sites excluding steroid dienone is 2. The zero-order valence-corrected chi connectivity index (χ0v) is 15.0. The summed E-state index contributed by atoms with van der Waals surface area (Å²) in [4.78, 5) is 0. The summed E-state index contributed by atoms with van der Waals surface area (Å²) in [6.07, 6.45) is 14.3. The molecule has 2 heteroatoms. The fourth-order valence-electron chi connectivity index (χ4n) is 3.45. The SMILES string of the molecule is CCCC=CCCCOCC1CCC(c2ccc(C#N)cc2)CC1. The highest BCUT2D eigenvalue weighted by molar-refractivity contribution is 5.33. The third-order valence-electron chi connectivity index (χ3n) is 4.99. The van der Waals surface area contributed by atoms with Gasteiger partial charge in [-0.2, -0.15) is 5.26 Å². The van der Waals surface area contributed by atoms with E-state index in [4.69, 9.17) is 10.00 Å². The summed E-state index contributed by atoms with van der Waals surface area (Å²) < 4.78 is 5.88. The standard InChI is InChI=1S/C22H31NO/c1-2-3-4-5-6-7-16-24-18-20-10-14-22(15-11-20)21-12-8-19(17-23)9-13-21/h4-5,8-9,12-13,20,22H,2-3,6-7,10-11,14-16,18H2,1H3. The van der Waals surface area contributed by atoms with Crippen molar-refractivity contribution in [2.75, 3.05) is 13.2 Å². The van der Waals surface area contributed by atoms with E-state index in [1.54, 1.807) is 0 Å². The van der Waals surface area contributed by atoms with Crippen LogP contribution in [0.25, 0.3) is 0 Å². The number of nitrogens with zero attached hydrogens (tertiary/aromatic N) is 1. The topological polar surface area (TPSA) is 33.0 Å². The Morgan fingerprint density at radius 1 is 1.08 bits per heavy atom. The van der Waals surface area contributed by atoms with E-state index in [0.29, 0.717) is 5.92 Å². The van der Waals surface area contributed by atoms with Gasteiger partial charge >= 0.3 is 0 Å². The normalized spacial score (nSPS) is 21.0. The van der Waals surface area contributed by atoms with Crippen LogP contribution in [0, 0.1) is 17.2 Å². The minimum atomic E-state index is 0.665. The number of nitriles is 1. The van der Waals surface area contributed by atoms with Crippen LogP contribution in [-0.2, 0) is 4.74 Å². The fraction of sp³-hybridized carbons (Fsp3) is 0.591. The molecule has 2 rings (SSSR count). The van der Waals surface area contributed by atoms with Crippen LogP contribution in [0.2, 0.25) is 0 Å². The van der Waals surface area contributed by atoms with Crippen molar-refractivity contribution in [1.82, 2.24) is 0 Å². The summed E-state index contributed by atoms with van der Waals surface area (Å²) in [6.45, 7) is 4.04. The molecule has 0 aliphatic heterocycles. The second-order valence-electron chi connectivity index (χ2n) is 6.93. The molecule has 1 aliphatic rings. The molecule has 24 heavy (non-hydrogen) atoms. The molecular formula is C22H31NO. The van der Waals surface area contributed by atoms with Gasteiger partial charge in [-0.1, -0.05) is 37.6 Å². The molecule has 1 aliphatic carbocycles. The van der Waals surface area contributed by atoms with Gasteiger partial charge in [0.1, 0.15) is 0 Å². The first-order chi connectivity index (χ1) is 11.8. The van der Waals surface area contributed by atoms with Crippen molar-refractivity contribution >= 4 is 0 Å². The van der Waals surface area contributed by atoms with E-state index in [1.165, 1.54) is 44.1 Å². The summed E-state index contributed by atoms with van der Waals surface area (Å²) >= 11 is 0. The maximum atomic E-state index is 8.88. The highest BCUT2D eigenvalue weighted by atomic mass is 16.5. The summed E-state index contributed by atoms with van der Waals surface area (Å²) in [5, 5.41) is 8.88. The van der Waals surface area contributed by atoms with Crippen molar-refractivity contribution in [3.05, 3.63) is 47.5 Å². The van der Waals surface area contributed by atoms with Gasteiger partial charge in [0.25, 0.3) is 0 Å². The van der Waals surface area contributed by atoms with Crippen molar-refractivity contribution in [3.8, 4) is 6.07 Å². The lowest BCUT2D eigenvalue weighted by molar-refractivity contribution is 0.0815. The molecule has 0 atom stereocenters. The molecule has 2 nitrogen and oxygen atoms in total. The van der Waals surface area contributed by atoms with Crippen molar-refractivity contribution < 1.29 is 4.74 Å². The first-order valence-corrected chi connectivity index (χ1v) is 9.56. The third kappa shape index (κ3) is 6.49. The lowest BCUT2D eigenvalue weighted by Gasteiger charge is -2.28. The quantitative estimate of drug-likeness (QED) is 0.413. The van der Waals surface area contributed by atoms with E-state index in [1.807, 2.05) is 12.1 Å². The molecule has 0 heterocycles. The zero-order chi connectivity index (χ0) is 17.0. The molecule has 0 saturated heterocycles. The minimum Gasteiger partial charge on any atom is -0.381 e. The van der Waals surface area contributed by atoms with Crippen molar-refractivity contribution in [2.24, 2.45) is 5.92 Å². The Balaban J connectivity index is 1.58. The lowest BCUT2D eigenvalue weighted by atomic mass is 9.79. The van der Waals surface area contributed by atoms with Gasteiger partial charge in [0.2, 0.25) is 0 Å². The number of rotatable bonds is 9. The molecule has 130 valence electrons. The Morgan fingerprint density at radius 3 is 2.46 bits per heavy atom. The summed E-state index contributed by atoms with van der Waals surface area (Å²) in [5.74, 6) is 1.40. The van der Waals surface area contributed by atoms with Crippen molar-refractivity contribution in [2.45, 2.75) is 64.2 Å². The van der Waals surface area contributed by atoms with Gasteiger partial charge in [-0.25, -0.2) is 0 Å². The maximum Gasteiger partial charge on any atom is 0.0991 e. The number of ether oxygens (including phenoxy) is 1. The average Bonchev–Trinajstić information content (AvgIpc) is 2.64. The van der Waals surface area contributed by atoms with Crippen LogP contribution < -0.4 is 0 Å². The molecule has 0 aromatic heterocycles. The molecular weight excluding hydrogens is 294 g/mol. The molecule has 1 aromatic carbocycles. The highest BCUT2D eigenvalue weighted by Crippen LogP contribution is 2.35. The fourth-order valence-corrected chi connectivity index (χ4v) is 3.45. The van der Waals surface area contributed by atoms with Crippen molar-refractivity contribution in [3.63, 3.8) is 0 Å². The van der Waals surface area contributed by atoms with E-state index in [0.717, 1.165) is 37.5 Å². The van der Waals surface area contributed by atoms with Crippen LogP contribution in [0.3, 0.4) is 0 Å². The van der Waals surface area contributed by atoms with Gasteiger partial charge in [-0.3, -0.25) is 0 Å². The van der Waals surface area contributed by atoms with Crippen LogP contribution >= 0.6 is 0 Å². The smallest absolute Gasteiger partial charge is 0.0991 e. The van der Waals surface area contributed by atoms with Gasteiger partial charge in [0.05, 0.1) is 11.6 Å². The van der Waals surface area contributed by atoms with Gasteiger partial charge in [-0.15, -0.1) is 0 Å². The van der Waals surface area contributed by atoms with E-state index >= 15 is 0 Å². The van der Waals surface area contributed by atoms with Crippen LogP contribution in [0.5, 0.6) is 0 Å². The summed E-state index contributed by atoms with van der Waals surface area (Å²) in [6, 6.07) is 10.3. The maximum absolute atomic E-state index is 8.88. The predicted octanol–water partition coefficient (Wildman–Crippen LogP) is 5.99. The molecule has 1 aromatic rings. The van der Waals surface area contributed by atoms with Crippen LogP contribution in [-0.4, -0.2) is 13.2 Å². The van der Waals surface area contributed by atoms with Crippen molar-refractivity contribution in [1.29, 1.82) is 5.26 Å². The van der Waals surface area contributed by atoms with Gasteiger partial charge < -0.3 is 4.74 Å². The van der Waals surface area contributed by atoms with E-state index in [9.17, 15) is 0 Å². The largest absolute Gasteiger partial charge is 0.381 e. The Hall–Kier alpha value is -1.59. The zero-order valence-electron chi connectivity index (χ0n) is 15.0. The first-order valence-electron chi connectivity index (χ1n) is 9.56. The summed E-state index contributed by atoms with van der Waals surface area (Å²) in [7, 11) is 0. The first kappa shape index (κ1) is 18.7. The molecule has 0 N–H and O–H groups in total. The monoisotopic (exact) mass is 325 g/mol. The number of benzene rings is 1. The molecule has 1 saturated carbocycles. The predicted molar refractivity (Wildman–Crippen MR) is 100.0 cm³/mol. The number of hydrogen-bond donors (Lipinski definition) is 0. The second kappa shape index (κ2) is 11.0. The molecule has 0 unspecified atom stereocenters. The highest BCUT2D eigenvalue weighted by Gasteiger charge is 2.22. The van der Waals surface area contributed by atoms with Gasteiger partial charge in [0.15, 0.2) is 0 Å². The van der Waals surface area contributed by atoms with E-state index in [-0.39, 0.29) is 0 Å². The third-order valence-corrected chi connectivity index (χ3v) is 4.99. The van der Waals surface area contributed by atoms with Crippen LogP contribution in [0.4, 0.5) is 0 Å². The molecule has 0 radical (unpaired) electrons. The Morgan fingerprint density at radius 2 is 1.79 bits per heavy atom. The van der Waals surface area contributed by atoms with E-state index < -0.39 is 0 Å². The minimum absolute atomic E-state index is 0.665. The molecule has 0 spiro atoms. The van der Waals surface area contributed by atoms with Gasteiger partial charge in [0, 0.05) is 13.2 Å². The lowest BCUT2D eigenvalue weighted by Crippen LogP contribution is -2.18. The van der Waals surface area contributed by atoms with Crippen LogP contribution in [0.1, 0.15) is 75.3 Å². The Labute approximate surface area is 147 Å². The van der Waals surface area contributed by atoms with Gasteiger partial charge in [-0.05, 0) is 74.5 Å². The molecule has 0 bridgehead atoms. The Bertz CT molecular complexity index is 518. The molecule has 1 fully saturated rings. The summed E-state index contributed by atoms with van der Waals surface area (Å²) in [5.41, 5.74) is 2.15. The number of hydrogen-bond acceptors (Lipinski definition) is 2. The second-order valence-corrected chi connectivity index (χ2v) is 6.93. The molecule has 0 amide bonds. The Kier molecular flexibility index (Phi) is 8.63. The number of unbranched alkanes of at least 4 members (excludes halogenated alkanes) is 2. The average molecular weight is 325 g/mol. The van der Waals surface area contributed by atoms with E-state index in [2.05, 4.69) is 37.3 Å². The van der Waals surface area contributed by atoms with Crippen LogP contribution in [0.15, 0.2) is 36.4 Å².